The van der Waals surface area contributed by atoms with Crippen LogP contribution in [0.15, 0.2) is 18.2 Å². The molecule has 0 saturated heterocycles. The molecule has 1 unspecified atom stereocenters. The van der Waals surface area contributed by atoms with Gasteiger partial charge in [-0.2, -0.15) is 0 Å². The summed E-state index contributed by atoms with van der Waals surface area (Å²) in [6.45, 7) is 2.15. The molecule has 1 aromatic rings. The summed E-state index contributed by atoms with van der Waals surface area (Å²) in [4.78, 5) is 0. The molecule has 1 aromatic carbocycles. The summed E-state index contributed by atoms with van der Waals surface area (Å²) >= 11 is 3.48. The molecular formula is C13H18BrFO. The first-order chi connectivity index (χ1) is 7.72. The van der Waals surface area contributed by atoms with E-state index in [2.05, 4.69) is 22.9 Å². The first kappa shape index (κ1) is 13.5. The third-order valence-corrected chi connectivity index (χ3v) is 3.60. The number of ether oxygens (including phenoxy) is 1. The fraction of sp³-hybridized carbons (Fsp3) is 0.538. The molecule has 0 aliphatic rings. The first-order valence-electron chi connectivity index (χ1n) is 5.60. The summed E-state index contributed by atoms with van der Waals surface area (Å²) in [6.07, 6.45) is 3.01. The highest BCUT2D eigenvalue weighted by Crippen LogP contribution is 2.24. The molecule has 0 fully saturated rings. The topological polar surface area (TPSA) is 9.23 Å². The standard InChI is InChI=1S/C13H18BrFO/c1-3-5-10(9-14)8-11-6-4-7-12(16-2)13(11)15/h4,6-7,10H,3,5,8-9H2,1-2H3. The summed E-state index contributed by atoms with van der Waals surface area (Å²) < 4.78 is 18.8. The Morgan fingerprint density at radius 3 is 2.75 bits per heavy atom. The molecule has 16 heavy (non-hydrogen) atoms. The highest BCUT2D eigenvalue weighted by molar-refractivity contribution is 9.09. The number of hydrogen-bond acceptors (Lipinski definition) is 1. The lowest BCUT2D eigenvalue weighted by molar-refractivity contribution is 0.382. The molecule has 1 nitrogen and oxygen atoms in total. The van der Waals surface area contributed by atoms with Gasteiger partial charge in [0.25, 0.3) is 0 Å². The van der Waals surface area contributed by atoms with Crippen LogP contribution in [0.1, 0.15) is 25.3 Å². The van der Waals surface area contributed by atoms with Crippen LogP contribution in [0.3, 0.4) is 0 Å². The van der Waals surface area contributed by atoms with E-state index >= 15 is 0 Å². The maximum atomic E-state index is 13.9. The minimum atomic E-state index is -0.216. The van der Waals surface area contributed by atoms with Crippen molar-refractivity contribution >= 4 is 15.9 Å². The van der Waals surface area contributed by atoms with Gasteiger partial charge >= 0.3 is 0 Å². The van der Waals surface area contributed by atoms with E-state index in [1.54, 1.807) is 6.07 Å². The molecule has 0 aromatic heterocycles. The van der Waals surface area contributed by atoms with Crippen molar-refractivity contribution in [3.05, 3.63) is 29.6 Å². The summed E-state index contributed by atoms with van der Waals surface area (Å²) in [5.74, 6) is 0.612. The Morgan fingerprint density at radius 1 is 1.44 bits per heavy atom. The van der Waals surface area contributed by atoms with E-state index in [9.17, 15) is 4.39 Å². The second-order valence-corrected chi connectivity index (χ2v) is 4.59. The van der Waals surface area contributed by atoms with Crippen LogP contribution in [0.5, 0.6) is 5.75 Å². The van der Waals surface area contributed by atoms with E-state index in [0.29, 0.717) is 11.7 Å². The van der Waals surface area contributed by atoms with Gasteiger partial charge in [0.2, 0.25) is 0 Å². The van der Waals surface area contributed by atoms with E-state index < -0.39 is 0 Å². The van der Waals surface area contributed by atoms with Gasteiger partial charge in [-0.15, -0.1) is 0 Å². The molecule has 0 aliphatic heterocycles. The molecule has 0 aliphatic carbocycles. The molecule has 0 N–H and O–H groups in total. The Hall–Kier alpha value is -0.570. The Labute approximate surface area is 105 Å². The second-order valence-electron chi connectivity index (χ2n) is 3.95. The van der Waals surface area contributed by atoms with E-state index in [4.69, 9.17) is 4.74 Å². The van der Waals surface area contributed by atoms with Gasteiger partial charge in [-0.1, -0.05) is 41.4 Å². The Morgan fingerprint density at radius 2 is 2.19 bits per heavy atom. The number of methoxy groups -OCH3 is 1. The van der Waals surface area contributed by atoms with Crippen molar-refractivity contribution in [2.75, 3.05) is 12.4 Å². The van der Waals surface area contributed by atoms with E-state index in [0.717, 1.165) is 30.2 Å². The van der Waals surface area contributed by atoms with Crippen molar-refractivity contribution in [2.45, 2.75) is 26.2 Å². The monoisotopic (exact) mass is 288 g/mol. The molecule has 0 radical (unpaired) electrons. The van der Waals surface area contributed by atoms with Gasteiger partial charge in [0, 0.05) is 5.33 Å². The molecule has 0 spiro atoms. The molecule has 3 heteroatoms. The molecule has 1 atom stereocenters. The van der Waals surface area contributed by atoms with Crippen molar-refractivity contribution in [3.8, 4) is 5.75 Å². The van der Waals surface area contributed by atoms with Crippen molar-refractivity contribution < 1.29 is 9.13 Å². The highest BCUT2D eigenvalue weighted by Gasteiger charge is 2.13. The number of rotatable bonds is 6. The summed E-state index contributed by atoms with van der Waals surface area (Å²) in [7, 11) is 1.50. The van der Waals surface area contributed by atoms with Crippen LogP contribution >= 0.6 is 15.9 Å². The van der Waals surface area contributed by atoms with E-state index in [1.165, 1.54) is 7.11 Å². The normalized spacial score (nSPS) is 12.5. The molecule has 0 bridgehead atoms. The third-order valence-electron chi connectivity index (χ3n) is 2.69. The lowest BCUT2D eigenvalue weighted by atomic mass is 9.96. The van der Waals surface area contributed by atoms with Crippen molar-refractivity contribution in [3.63, 3.8) is 0 Å². The fourth-order valence-corrected chi connectivity index (χ4v) is 2.38. The highest BCUT2D eigenvalue weighted by atomic mass is 79.9. The predicted octanol–water partition coefficient (Wildman–Crippen LogP) is 4.19. The first-order valence-corrected chi connectivity index (χ1v) is 6.72. The smallest absolute Gasteiger partial charge is 0.168 e. The quantitative estimate of drug-likeness (QED) is 0.714. The Bertz CT molecular complexity index is 328. The number of benzene rings is 1. The zero-order valence-corrected chi connectivity index (χ0v) is 11.4. The zero-order valence-electron chi connectivity index (χ0n) is 9.80. The van der Waals surface area contributed by atoms with Crippen LogP contribution in [-0.4, -0.2) is 12.4 Å². The predicted molar refractivity (Wildman–Crippen MR) is 68.8 cm³/mol. The average molecular weight is 289 g/mol. The van der Waals surface area contributed by atoms with Gasteiger partial charge in [0.1, 0.15) is 0 Å². The van der Waals surface area contributed by atoms with Crippen LogP contribution in [0.2, 0.25) is 0 Å². The molecular weight excluding hydrogens is 271 g/mol. The van der Waals surface area contributed by atoms with Crippen LogP contribution < -0.4 is 4.74 Å². The number of alkyl halides is 1. The number of hydrogen-bond donors (Lipinski definition) is 0. The number of halogens is 2. The SMILES string of the molecule is CCCC(CBr)Cc1cccc(OC)c1F. The van der Waals surface area contributed by atoms with Crippen LogP contribution in [0.4, 0.5) is 4.39 Å². The van der Waals surface area contributed by atoms with E-state index in [-0.39, 0.29) is 5.82 Å². The third kappa shape index (κ3) is 3.48. The molecule has 0 saturated carbocycles. The molecule has 1 rings (SSSR count). The maximum Gasteiger partial charge on any atom is 0.168 e. The Balaban J connectivity index is 2.79. The van der Waals surface area contributed by atoms with Crippen LogP contribution in [0, 0.1) is 11.7 Å². The lowest BCUT2D eigenvalue weighted by Gasteiger charge is -2.14. The largest absolute Gasteiger partial charge is 0.494 e. The lowest BCUT2D eigenvalue weighted by Crippen LogP contribution is -2.07. The molecule has 90 valence electrons. The summed E-state index contributed by atoms with van der Waals surface area (Å²) in [5.41, 5.74) is 0.747. The minimum absolute atomic E-state index is 0.216. The van der Waals surface area contributed by atoms with Gasteiger partial charge in [-0.3, -0.25) is 0 Å². The zero-order chi connectivity index (χ0) is 12.0. The van der Waals surface area contributed by atoms with Crippen molar-refractivity contribution in [1.82, 2.24) is 0 Å². The van der Waals surface area contributed by atoms with Crippen LogP contribution in [-0.2, 0) is 6.42 Å². The summed E-state index contributed by atoms with van der Waals surface area (Å²) in [5, 5.41) is 0.914. The fourth-order valence-electron chi connectivity index (χ4n) is 1.82. The van der Waals surface area contributed by atoms with E-state index in [1.807, 2.05) is 12.1 Å². The van der Waals surface area contributed by atoms with Gasteiger partial charge in [-0.25, -0.2) is 4.39 Å². The molecule has 0 amide bonds. The van der Waals surface area contributed by atoms with Crippen molar-refractivity contribution in [1.29, 1.82) is 0 Å². The van der Waals surface area contributed by atoms with Gasteiger partial charge in [0.05, 0.1) is 7.11 Å². The van der Waals surface area contributed by atoms with Gasteiger partial charge < -0.3 is 4.74 Å². The van der Waals surface area contributed by atoms with Gasteiger partial charge in [-0.05, 0) is 30.4 Å². The Kier molecular flexibility index (Phi) is 5.81. The average Bonchev–Trinajstić information content (AvgIpc) is 2.31. The van der Waals surface area contributed by atoms with Gasteiger partial charge in [0.15, 0.2) is 11.6 Å². The van der Waals surface area contributed by atoms with Crippen LogP contribution in [0.25, 0.3) is 0 Å². The second kappa shape index (κ2) is 6.89. The maximum absolute atomic E-state index is 13.9. The minimum Gasteiger partial charge on any atom is -0.494 e. The summed E-state index contributed by atoms with van der Waals surface area (Å²) in [6, 6.07) is 5.33. The van der Waals surface area contributed by atoms with Crippen molar-refractivity contribution in [2.24, 2.45) is 5.92 Å². The molecule has 0 heterocycles.